The van der Waals surface area contributed by atoms with Crippen LogP contribution >= 0.6 is 11.8 Å². The normalized spacial score (nSPS) is 12.1. The second kappa shape index (κ2) is 8.78. The van der Waals surface area contributed by atoms with E-state index >= 15 is 0 Å². The molecular weight excluding hydrogens is 460 g/mol. The van der Waals surface area contributed by atoms with Crippen molar-refractivity contribution in [2.24, 2.45) is 0 Å². The van der Waals surface area contributed by atoms with Gasteiger partial charge in [0.2, 0.25) is 0 Å². The van der Waals surface area contributed by atoms with E-state index in [1.54, 1.807) is 11.8 Å². The predicted octanol–water partition coefficient (Wildman–Crippen LogP) is 9.63. The van der Waals surface area contributed by atoms with Crippen LogP contribution in [0.5, 0.6) is 23.0 Å². The summed E-state index contributed by atoms with van der Waals surface area (Å²) in [6.07, 6.45) is 0.800. The average Bonchev–Trinajstić information content (AvgIpc) is 2.94. The van der Waals surface area contributed by atoms with Gasteiger partial charge in [0.25, 0.3) is 0 Å². The molecule has 3 heteroatoms. The summed E-state index contributed by atoms with van der Waals surface area (Å²) in [5.41, 5.74) is 2.41. The highest BCUT2D eigenvalue weighted by atomic mass is 32.2. The Kier molecular flexibility index (Phi) is 5.15. The molecule has 0 amide bonds. The molecule has 0 saturated heterocycles. The van der Waals surface area contributed by atoms with Gasteiger partial charge < -0.3 is 9.47 Å². The summed E-state index contributed by atoms with van der Waals surface area (Å²) in [6.45, 7) is 0. The first-order valence-corrected chi connectivity index (χ1v) is 12.9. The summed E-state index contributed by atoms with van der Waals surface area (Å²) in [5.74, 6) is 3.45. The van der Waals surface area contributed by atoms with E-state index < -0.39 is 0 Å². The molecule has 0 saturated carbocycles. The molecule has 1 aliphatic rings. The summed E-state index contributed by atoms with van der Waals surface area (Å²) < 4.78 is 13.3. The van der Waals surface area contributed by atoms with Crippen molar-refractivity contribution in [3.63, 3.8) is 0 Å². The molecule has 1 aliphatic heterocycles. The SMILES string of the molecule is c1ccc(Cc2ccc3ccccc3c2Oc2cccc3c2Sc2ccc4ccccc4c2O3)cc1. The summed E-state index contributed by atoms with van der Waals surface area (Å²) in [7, 11) is 0. The molecule has 0 unspecified atom stereocenters. The number of hydrogen-bond donors (Lipinski definition) is 0. The molecule has 0 atom stereocenters. The van der Waals surface area contributed by atoms with Gasteiger partial charge in [-0.3, -0.25) is 0 Å². The molecule has 1 heterocycles. The lowest BCUT2D eigenvalue weighted by Gasteiger charge is -2.24. The Bertz CT molecular complexity index is 1740. The number of fused-ring (bicyclic) bond motifs is 5. The van der Waals surface area contributed by atoms with Gasteiger partial charge in [-0.05, 0) is 40.1 Å². The summed E-state index contributed by atoms with van der Waals surface area (Å²) in [6, 6.07) is 42.0. The fourth-order valence-corrected chi connectivity index (χ4v) is 5.88. The minimum absolute atomic E-state index is 0.800. The van der Waals surface area contributed by atoms with Crippen molar-refractivity contribution < 1.29 is 9.47 Å². The molecule has 2 nitrogen and oxygen atoms in total. The van der Waals surface area contributed by atoms with Crippen molar-refractivity contribution in [1.82, 2.24) is 0 Å². The van der Waals surface area contributed by atoms with Gasteiger partial charge >= 0.3 is 0 Å². The largest absolute Gasteiger partial charge is 0.455 e. The molecule has 0 radical (unpaired) electrons. The van der Waals surface area contributed by atoms with Crippen molar-refractivity contribution in [3.05, 3.63) is 132 Å². The Hall–Kier alpha value is -4.21. The maximum absolute atomic E-state index is 6.80. The minimum Gasteiger partial charge on any atom is -0.455 e. The van der Waals surface area contributed by atoms with E-state index in [0.717, 1.165) is 60.9 Å². The second-order valence-corrected chi connectivity index (χ2v) is 9.99. The molecule has 36 heavy (non-hydrogen) atoms. The van der Waals surface area contributed by atoms with Gasteiger partial charge in [0.15, 0.2) is 0 Å². The van der Waals surface area contributed by atoms with Crippen molar-refractivity contribution in [3.8, 4) is 23.0 Å². The van der Waals surface area contributed by atoms with Gasteiger partial charge in [-0.15, -0.1) is 0 Å². The van der Waals surface area contributed by atoms with E-state index in [1.165, 1.54) is 10.9 Å². The number of benzene rings is 6. The maximum atomic E-state index is 6.80. The zero-order valence-electron chi connectivity index (χ0n) is 19.5. The van der Waals surface area contributed by atoms with Gasteiger partial charge in [-0.1, -0.05) is 115 Å². The van der Waals surface area contributed by atoms with E-state index in [9.17, 15) is 0 Å². The first-order valence-electron chi connectivity index (χ1n) is 12.1. The molecule has 0 bridgehead atoms. The zero-order chi connectivity index (χ0) is 23.9. The topological polar surface area (TPSA) is 18.5 Å². The maximum Gasteiger partial charge on any atom is 0.149 e. The van der Waals surface area contributed by atoms with Crippen LogP contribution in [-0.4, -0.2) is 0 Å². The van der Waals surface area contributed by atoms with Crippen molar-refractivity contribution in [2.75, 3.05) is 0 Å². The summed E-state index contributed by atoms with van der Waals surface area (Å²) >= 11 is 1.71. The van der Waals surface area contributed by atoms with Crippen LogP contribution in [0.25, 0.3) is 21.5 Å². The standard InChI is InChI=1S/C33H22O2S/c1-2-9-22(10-3-1)21-25-18-17-23-11-4-6-13-26(23)31(25)34-28-15-8-16-29-33(28)36-30-20-19-24-12-5-7-14-27(24)32(30)35-29/h1-20H,21H2. The molecule has 0 fully saturated rings. The highest BCUT2D eigenvalue weighted by molar-refractivity contribution is 7.99. The van der Waals surface area contributed by atoms with Crippen LogP contribution in [-0.2, 0) is 6.42 Å². The molecule has 7 rings (SSSR count). The van der Waals surface area contributed by atoms with Crippen LogP contribution in [0.2, 0.25) is 0 Å². The van der Waals surface area contributed by atoms with E-state index in [4.69, 9.17) is 9.47 Å². The predicted molar refractivity (Wildman–Crippen MR) is 148 cm³/mol. The first kappa shape index (κ1) is 21.1. The molecule has 0 spiro atoms. The third kappa shape index (κ3) is 3.69. The van der Waals surface area contributed by atoms with Gasteiger partial charge in [0.1, 0.15) is 23.0 Å². The summed E-state index contributed by atoms with van der Waals surface area (Å²) in [5, 5.41) is 4.57. The van der Waals surface area contributed by atoms with Crippen LogP contribution in [0.3, 0.4) is 0 Å². The Morgan fingerprint density at radius 2 is 1.33 bits per heavy atom. The smallest absolute Gasteiger partial charge is 0.149 e. The molecule has 0 N–H and O–H groups in total. The van der Waals surface area contributed by atoms with Crippen LogP contribution in [0.4, 0.5) is 0 Å². The molecule has 6 aromatic rings. The first-order chi connectivity index (χ1) is 17.8. The Morgan fingerprint density at radius 1 is 0.611 bits per heavy atom. The van der Waals surface area contributed by atoms with Crippen LogP contribution in [0.15, 0.2) is 131 Å². The third-order valence-corrected chi connectivity index (χ3v) is 7.77. The van der Waals surface area contributed by atoms with Gasteiger partial charge in [0.05, 0.1) is 9.79 Å². The fraction of sp³-hybridized carbons (Fsp3) is 0.0303. The highest BCUT2D eigenvalue weighted by Crippen LogP contribution is 2.54. The highest BCUT2D eigenvalue weighted by Gasteiger charge is 2.24. The second-order valence-electron chi connectivity index (χ2n) is 8.94. The third-order valence-electron chi connectivity index (χ3n) is 6.62. The van der Waals surface area contributed by atoms with E-state index in [1.807, 2.05) is 18.2 Å². The number of ether oxygens (including phenoxy) is 2. The van der Waals surface area contributed by atoms with Crippen molar-refractivity contribution >= 4 is 33.3 Å². The lowest BCUT2D eigenvalue weighted by molar-refractivity contribution is 0.432. The number of rotatable bonds is 4. The van der Waals surface area contributed by atoms with Crippen LogP contribution < -0.4 is 9.47 Å². The Balaban J connectivity index is 1.32. The van der Waals surface area contributed by atoms with Crippen LogP contribution in [0, 0.1) is 0 Å². The van der Waals surface area contributed by atoms with Crippen molar-refractivity contribution in [1.29, 1.82) is 0 Å². The summed E-state index contributed by atoms with van der Waals surface area (Å²) in [4.78, 5) is 2.10. The fourth-order valence-electron chi connectivity index (χ4n) is 4.86. The molecule has 0 aromatic heterocycles. The van der Waals surface area contributed by atoms with Gasteiger partial charge in [-0.25, -0.2) is 0 Å². The van der Waals surface area contributed by atoms with E-state index in [-0.39, 0.29) is 0 Å². The van der Waals surface area contributed by atoms with Crippen molar-refractivity contribution in [2.45, 2.75) is 16.2 Å². The minimum atomic E-state index is 0.800. The van der Waals surface area contributed by atoms with E-state index in [2.05, 4.69) is 103 Å². The molecular formula is C33H22O2S. The molecule has 0 aliphatic carbocycles. The monoisotopic (exact) mass is 482 g/mol. The van der Waals surface area contributed by atoms with Gasteiger partial charge in [-0.2, -0.15) is 0 Å². The quantitative estimate of drug-likeness (QED) is 0.249. The average molecular weight is 483 g/mol. The van der Waals surface area contributed by atoms with Crippen LogP contribution in [0.1, 0.15) is 11.1 Å². The van der Waals surface area contributed by atoms with Gasteiger partial charge in [0, 0.05) is 17.2 Å². The number of hydrogen-bond acceptors (Lipinski definition) is 3. The Morgan fingerprint density at radius 3 is 2.19 bits per heavy atom. The molecule has 6 aromatic carbocycles. The zero-order valence-corrected chi connectivity index (χ0v) is 20.3. The lowest BCUT2D eigenvalue weighted by Crippen LogP contribution is -2.00. The lowest BCUT2D eigenvalue weighted by atomic mass is 9.99. The van der Waals surface area contributed by atoms with E-state index in [0.29, 0.717) is 0 Å². The Labute approximate surface area is 214 Å². The molecule has 172 valence electrons.